The summed E-state index contributed by atoms with van der Waals surface area (Å²) in [5.74, 6) is -0.287. The van der Waals surface area contributed by atoms with Crippen LogP contribution < -0.4 is 4.74 Å². The van der Waals surface area contributed by atoms with Gasteiger partial charge in [-0.15, -0.1) is 5.10 Å². The third-order valence-electron chi connectivity index (χ3n) is 4.67. The predicted molar refractivity (Wildman–Crippen MR) is 98.3 cm³/mol. The molecule has 8 heteroatoms. The van der Waals surface area contributed by atoms with Crippen molar-refractivity contribution in [1.82, 2.24) is 14.5 Å². The number of nitrogens with zero attached hydrogens (tertiary/aromatic N) is 3. The van der Waals surface area contributed by atoms with Crippen molar-refractivity contribution in [2.24, 2.45) is 0 Å². The van der Waals surface area contributed by atoms with Crippen LogP contribution in [0.1, 0.15) is 12.8 Å². The molecule has 140 valence electrons. The Morgan fingerprint density at radius 2 is 1.74 bits per heavy atom. The second-order valence-corrected chi connectivity index (χ2v) is 8.30. The third kappa shape index (κ3) is 3.50. The van der Waals surface area contributed by atoms with Crippen molar-refractivity contribution in [2.75, 3.05) is 13.1 Å². The monoisotopic (exact) mass is 387 g/mol. The molecule has 0 spiro atoms. The zero-order chi connectivity index (χ0) is 18.9. The lowest BCUT2D eigenvalue weighted by Crippen LogP contribution is -2.42. The first-order chi connectivity index (χ1) is 13.1. The quantitative estimate of drug-likeness (QED) is 0.688. The van der Waals surface area contributed by atoms with Crippen LogP contribution in [0.25, 0.3) is 10.8 Å². The summed E-state index contributed by atoms with van der Waals surface area (Å²) in [5, 5.41) is 9.84. The summed E-state index contributed by atoms with van der Waals surface area (Å²) >= 11 is 0. The van der Waals surface area contributed by atoms with Crippen LogP contribution in [0.15, 0.2) is 59.6 Å². The van der Waals surface area contributed by atoms with E-state index in [0.29, 0.717) is 18.7 Å². The van der Waals surface area contributed by atoms with Crippen molar-refractivity contribution in [3.8, 4) is 5.88 Å². The van der Waals surface area contributed by atoms with Gasteiger partial charge in [0.1, 0.15) is 16.8 Å². The molecule has 0 bridgehead atoms. The molecule has 0 atom stereocenters. The molecule has 0 saturated carbocycles. The maximum atomic E-state index is 13.9. The van der Waals surface area contributed by atoms with Crippen molar-refractivity contribution in [3.05, 3.63) is 60.5 Å². The molecular formula is C19H18FN3O3S. The van der Waals surface area contributed by atoms with E-state index in [-0.39, 0.29) is 24.1 Å². The van der Waals surface area contributed by atoms with Crippen LogP contribution >= 0.6 is 0 Å². The van der Waals surface area contributed by atoms with Crippen LogP contribution in [0.4, 0.5) is 4.39 Å². The van der Waals surface area contributed by atoms with Crippen LogP contribution in [0.3, 0.4) is 0 Å². The van der Waals surface area contributed by atoms with Gasteiger partial charge in [0.05, 0.1) is 6.20 Å². The van der Waals surface area contributed by atoms with Crippen molar-refractivity contribution in [1.29, 1.82) is 0 Å². The molecule has 4 rings (SSSR count). The fourth-order valence-electron chi connectivity index (χ4n) is 3.23. The number of piperidine rings is 1. The van der Waals surface area contributed by atoms with Crippen molar-refractivity contribution < 1.29 is 17.5 Å². The van der Waals surface area contributed by atoms with Gasteiger partial charge in [0.25, 0.3) is 0 Å². The number of halogens is 1. The molecule has 0 radical (unpaired) electrons. The van der Waals surface area contributed by atoms with Crippen LogP contribution in [-0.2, 0) is 10.0 Å². The van der Waals surface area contributed by atoms with Gasteiger partial charge in [-0.25, -0.2) is 12.8 Å². The molecule has 1 aromatic heterocycles. The molecule has 6 nitrogen and oxygen atoms in total. The number of ether oxygens (including phenoxy) is 1. The standard InChI is InChI=1S/C19H18FN3O3S/c20-17-7-3-4-8-18(17)27(24,25)23-11-9-15(10-12-23)26-19-16-6-2-1-5-14(16)13-21-22-19/h1-8,13,15H,9-12H2. The van der Waals surface area contributed by atoms with Crippen molar-refractivity contribution in [3.63, 3.8) is 0 Å². The lowest BCUT2D eigenvalue weighted by molar-refractivity contribution is 0.130. The highest BCUT2D eigenvalue weighted by Crippen LogP contribution is 2.27. The average molecular weight is 387 g/mol. The van der Waals surface area contributed by atoms with Gasteiger partial charge in [-0.2, -0.15) is 9.40 Å². The SMILES string of the molecule is O=S(=O)(c1ccccc1F)N1CCC(Oc2nncc3ccccc23)CC1. The average Bonchev–Trinajstić information content (AvgIpc) is 2.69. The summed E-state index contributed by atoms with van der Waals surface area (Å²) in [6.45, 7) is 0.527. The number of hydrogen-bond donors (Lipinski definition) is 0. The van der Waals surface area contributed by atoms with Crippen LogP contribution in [0.5, 0.6) is 5.88 Å². The largest absolute Gasteiger partial charge is 0.473 e. The normalized spacial score (nSPS) is 16.5. The first-order valence-corrected chi connectivity index (χ1v) is 10.1. The van der Waals surface area contributed by atoms with Gasteiger partial charge >= 0.3 is 0 Å². The molecule has 0 amide bonds. The summed E-state index contributed by atoms with van der Waals surface area (Å²) in [6.07, 6.45) is 2.50. The van der Waals surface area contributed by atoms with E-state index in [9.17, 15) is 12.8 Å². The Labute approximate surface area is 156 Å². The number of fused-ring (bicyclic) bond motifs is 1. The summed E-state index contributed by atoms with van der Waals surface area (Å²) in [7, 11) is -3.85. The van der Waals surface area contributed by atoms with Gasteiger partial charge in [-0.1, -0.05) is 30.3 Å². The van der Waals surface area contributed by atoms with Gasteiger partial charge < -0.3 is 4.74 Å². The van der Waals surface area contributed by atoms with E-state index in [1.54, 1.807) is 6.20 Å². The molecule has 1 saturated heterocycles. The molecule has 1 fully saturated rings. The summed E-state index contributed by atoms with van der Waals surface area (Å²) in [6, 6.07) is 13.1. The number of hydrogen-bond acceptors (Lipinski definition) is 5. The van der Waals surface area contributed by atoms with E-state index in [4.69, 9.17) is 4.74 Å². The first-order valence-electron chi connectivity index (χ1n) is 8.67. The van der Waals surface area contributed by atoms with E-state index in [0.717, 1.165) is 16.8 Å². The van der Waals surface area contributed by atoms with E-state index in [1.165, 1.54) is 22.5 Å². The van der Waals surface area contributed by atoms with Gasteiger partial charge in [0.2, 0.25) is 15.9 Å². The summed E-state index contributed by atoms with van der Waals surface area (Å²) < 4.78 is 46.5. The fraction of sp³-hybridized carbons (Fsp3) is 0.263. The molecule has 27 heavy (non-hydrogen) atoms. The molecule has 2 heterocycles. The Bertz CT molecular complexity index is 1060. The van der Waals surface area contributed by atoms with Crippen molar-refractivity contribution in [2.45, 2.75) is 23.8 Å². The van der Waals surface area contributed by atoms with Gasteiger partial charge in [-0.3, -0.25) is 0 Å². The van der Waals surface area contributed by atoms with Gasteiger partial charge in [-0.05, 0) is 31.0 Å². The molecule has 0 aliphatic carbocycles. The van der Waals surface area contributed by atoms with Crippen LogP contribution in [0.2, 0.25) is 0 Å². The fourth-order valence-corrected chi connectivity index (χ4v) is 4.76. The first kappa shape index (κ1) is 17.8. The van der Waals surface area contributed by atoms with E-state index in [1.807, 2.05) is 24.3 Å². The number of rotatable bonds is 4. The highest BCUT2D eigenvalue weighted by Gasteiger charge is 2.32. The molecule has 0 N–H and O–H groups in total. The van der Waals surface area contributed by atoms with Crippen molar-refractivity contribution >= 4 is 20.8 Å². The Balaban J connectivity index is 1.47. The zero-order valence-electron chi connectivity index (χ0n) is 14.5. The maximum absolute atomic E-state index is 13.9. The van der Waals surface area contributed by atoms with E-state index >= 15 is 0 Å². The minimum Gasteiger partial charge on any atom is -0.473 e. The predicted octanol–water partition coefficient (Wildman–Crippen LogP) is 3.00. The zero-order valence-corrected chi connectivity index (χ0v) is 15.3. The van der Waals surface area contributed by atoms with Gasteiger partial charge in [0.15, 0.2) is 0 Å². The molecule has 0 unspecified atom stereocenters. The molecule has 3 aromatic rings. The topological polar surface area (TPSA) is 72.4 Å². The lowest BCUT2D eigenvalue weighted by atomic mass is 10.1. The molecule has 1 aliphatic heterocycles. The van der Waals surface area contributed by atoms with E-state index < -0.39 is 15.8 Å². The Kier molecular flexibility index (Phi) is 4.75. The number of benzene rings is 2. The highest BCUT2D eigenvalue weighted by molar-refractivity contribution is 7.89. The smallest absolute Gasteiger partial charge is 0.245 e. The second kappa shape index (κ2) is 7.21. The van der Waals surface area contributed by atoms with Crippen LogP contribution in [-0.4, -0.2) is 42.1 Å². The second-order valence-electron chi connectivity index (χ2n) is 6.39. The highest BCUT2D eigenvalue weighted by atomic mass is 32.2. The minimum absolute atomic E-state index is 0.169. The molecular weight excluding hydrogens is 369 g/mol. The summed E-state index contributed by atoms with van der Waals surface area (Å²) in [4.78, 5) is -0.288. The third-order valence-corrected chi connectivity index (χ3v) is 6.60. The number of aromatic nitrogens is 2. The van der Waals surface area contributed by atoms with Gasteiger partial charge in [0, 0.05) is 23.9 Å². The lowest BCUT2D eigenvalue weighted by Gasteiger charge is -2.31. The Morgan fingerprint density at radius 1 is 1.04 bits per heavy atom. The maximum Gasteiger partial charge on any atom is 0.245 e. The molecule has 2 aromatic carbocycles. The Morgan fingerprint density at radius 3 is 2.52 bits per heavy atom. The molecule has 1 aliphatic rings. The van der Waals surface area contributed by atoms with Crippen LogP contribution in [0, 0.1) is 5.82 Å². The van der Waals surface area contributed by atoms with E-state index in [2.05, 4.69) is 10.2 Å². The minimum atomic E-state index is -3.85. The Hall–Kier alpha value is -2.58. The number of sulfonamides is 1. The summed E-state index contributed by atoms with van der Waals surface area (Å²) in [5.41, 5.74) is 0.